The number of amides is 1. The summed E-state index contributed by atoms with van der Waals surface area (Å²) in [6.45, 7) is 6.03. The number of nitrogens with one attached hydrogen (secondary N) is 3. The van der Waals surface area contributed by atoms with Crippen molar-refractivity contribution in [2.45, 2.75) is 20.8 Å². The van der Waals surface area contributed by atoms with Gasteiger partial charge in [-0.1, -0.05) is 30.3 Å². The lowest BCUT2D eigenvalue weighted by Crippen LogP contribution is -2.33. The number of aryl methyl sites for hydroxylation is 2. The van der Waals surface area contributed by atoms with E-state index in [1.807, 2.05) is 44.2 Å². The normalized spacial score (nSPS) is 10.7. The van der Waals surface area contributed by atoms with Gasteiger partial charge in [-0.2, -0.15) is 0 Å². The SMILES string of the molecule is CC(=O)C(=O)NCCNc1nc(-c2ccccc2)nc2[nH]c(C)c(C)c12. The fourth-order valence-corrected chi connectivity index (χ4v) is 2.69. The van der Waals surface area contributed by atoms with E-state index in [-0.39, 0.29) is 0 Å². The molecular weight excluding hydrogens is 330 g/mol. The van der Waals surface area contributed by atoms with E-state index in [4.69, 9.17) is 0 Å². The Morgan fingerprint density at radius 3 is 2.50 bits per heavy atom. The van der Waals surface area contributed by atoms with Crippen LogP contribution in [0, 0.1) is 13.8 Å². The van der Waals surface area contributed by atoms with Crippen molar-refractivity contribution >= 4 is 28.5 Å². The summed E-state index contributed by atoms with van der Waals surface area (Å²) in [6.07, 6.45) is 0. The van der Waals surface area contributed by atoms with E-state index < -0.39 is 11.7 Å². The highest BCUT2D eigenvalue weighted by Gasteiger charge is 2.15. The number of anilines is 1. The molecule has 7 heteroatoms. The third kappa shape index (κ3) is 3.56. The van der Waals surface area contributed by atoms with Crippen LogP contribution in [0.15, 0.2) is 30.3 Å². The second-order valence-corrected chi connectivity index (χ2v) is 6.10. The summed E-state index contributed by atoms with van der Waals surface area (Å²) in [5, 5.41) is 6.74. The van der Waals surface area contributed by atoms with Crippen LogP contribution in [-0.2, 0) is 9.59 Å². The average Bonchev–Trinajstić information content (AvgIpc) is 2.93. The van der Waals surface area contributed by atoms with Crippen molar-refractivity contribution in [2.24, 2.45) is 0 Å². The van der Waals surface area contributed by atoms with E-state index in [1.165, 1.54) is 6.92 Å². The Bertz CT molecular complexity index is 963. The highest BCUT2D eigenvalue weighted by molar-refractivity contribution is 6.35. The smallest absolute Gasteiger partial charge is 0.287 e. The van der Waals surface area contributed by atoms with Gasteiger partial charge in [-0.3, -0.25) is 9.59 Å². The van der Waals surface area contributed by atoms with Crippen LogP contribution in [0.1, 0.15) is 18.2 Å². The molecule has 0 aliphatic rings. The first-order chi connectivity index (χ1) is 12.5. The first kappa shape index (κ1) is 17.6. The van der Waals surface area contributed by atoms with Crippen molar-refractivity contribution in [3.05, 3.63) is 41.6 Å². The topological polar surface area (TPSA) is 99.8 Å². The van der Waals surface area contributed by atoms with Gasteiger partial charge >= 0.3 is 0 Å². The van der Waals surface area contributed by atoms with Gasteiger partial charge in [0.15, 0.2) is 5.82 Å². The van der Waals surface area contributed by atoms with Crippen molar-refractivity contribution in [1.29, 1.82) is 0 Å². The summed E-state index contributed by atoms with van der Waals surface area (Å²) < 4.78 is 0. The van der Waals surface area contributed by atoms with Crippen LogP contribution in [0.2, 0.25) is 0 Å². The minimum absolute atomic E-state index is 0.326. The van der Waals surface area contributed by atoms with Crippen LogP contribution >= 0.6 is 0 Å². The van der Waals surface area contributed by atoms with E-state index >= 15 is 0 Å². The Morgan fingerprint density at radius 2 is 1.81 bits per heavy atom. The van der Waals surface area contributed by atoms with Crippen molar-refractivity contribution in [3.63, 3.8) is 0 Å². The van der Waals surface area contributed by atoms with Crippen molar-refractivity contribution < 1.29 is 9.59 Å². The van der Waals surface area contributed by atoms with E-state index in [9.17, 15) is 9.59 Å². The molecule has 0 unspecified atom stereocenters. The molecule has 2 aromatic heterocycles. The largest absolute Gasteiger partial charge is 0.368 e. The van der Waals surface area contributed by atoms with Gasteiger partial charge in [0.25, 0.3) is 5.91 Å². The number of benzene rings is 1. The second kappa shape index (κ2) is 7.35. The van der Waals surface area contributed by atoms with Crippen molar-refractivity contribution in [3.8, 4) is 11.4 Å². The molecule has 7 nitrogen and oxygen atoms in total. The molecule has 134 valence electrons. The quantitative estimate of drug-likeness (QED) is 0.468. The number of nitrogens with zero attached hydrogens (tertiary/aromatic N) is 2. The molecular formula is C19H21N5O2. The number of hydrogen-bond acceptors (Lipinski definition) is 5. The van der Waals surface area contributed by atoms with Crippen molar-refractivity contribution in [1.82, 2.24) is 20.3 Å². The number of ketones is 1. The molecule has 0 saturated heterocycles. The fourth-order valence-electron chi connectivity index (χ4n) is 2.69. The Morgan fingerprint density at radius 1 is 1.08 bits per heavy atom. The predicted molar refractivity (Wildman–Crippen MR) is 101 cm³/mol. The molecule has 3 aromatic rings. The highest BCUT2D eigenvalue weighted by Crippen LogP contribution is 2.28. The van der Waals surface area contributed by atoms with Gasteiger partial charge in [0.2, 0.25) is 5.78 Å². The number of carbonyl (C=O) groups is 2. The number of hydrogen-bond donors (Lipinski definition) is 3. The molecule has 1 aromatic carbocycles. The Balaban J connectivity index is 1.89. The minimum atomic E-state index is -0.585. The van der Waals surface area contributed by atoms with Crippen LogP contribution in [0.5, 0.6) is 0 Å². The lowest BCUT2D eigenvalue weighted by molar-refractivity contribution is -0.136. The van der Waals surface area contributed by atoms with E-state index in [0.717, 1.165) is 27.9 Å². The molecule has 0 aliphatic heterocycles. The molecule has 1 amide bonds. The summed E-state index contributed by atoms with van der Waals surface area (Å²) in [5.74, 6) is 0.235. The monoisotopic (exact) mass is 351 g/mol. The van der Waals surface area contributed by atoms with E-state index in [1.54, 1.807) is 0 Å². The summed E-state index contributed by atoms with van der Waals surface area (Å²) in [6, 6.07) is 9.75. The lowest BCUT2D eigenvalue weighted by atomic mass is 10.2. The van der Waals surface area contributed by atoms with Gasteiger partial charge in [-0.15, -0.1) is 0 Å². The molecule has 3 N–H and O–H groups in total. The maximum absolute atomic E-state index is 11.3. The molecule has 0 fully saturated rings. The number of aromatic nitrogens is 3. The van der Waals surface area contributed by atoms with Crippen LogP contribution in [0.25, 0.3) is 22.4 Å². The first-order valence-corrected chi connectivity index (χ1v) is 8.42. The van der Waals surface area contributed by atoms with Gasteiger partial charge in [0, 0.05) is 31.3 Å². The van der Waals surface area contributed by atoms with Crippen LogP contribution in [0.4, 0.5) is 5.82 Å². The number of fused-ring (bicyclic) bond motifs is 1. The zero-order valence-corrected chi connectivity index (χ0v) is 15.0. The molecule has 3 rings (SSSR count). The zero-order valence-electron chi connectivity index (χ0n) is 15.0. The number of rotatable bonds is 6. The van der Waals surface area contributed by atoms with Crippen LogP contribution < -0.4 is 10.6 Å². The van der Waals surface area contributed by atoms with Gasteiger partial charge < -0.3 is 15.6 Å². The van der Waals surface area contributed by atoms with Crippen LogP contribution in [0.3, 0.4) is 0 Å². The van der Waals surface area contributed by atoms with Gasteiger partial charge in [-0.25, -0.2) is 9.97 Å². The third-order valence-electron chi connectivity index (χ3n) is 4.21. The van der Waals surface area contributed by atoms with Gasteiger partial charge in [-0.05, 0) is 19.4 Å². The molecule has 0 radical (unpaired) electrons. The van der Waals surface area contributed by atoms with E-state index in [2.05, 4.69) is 25.6 Å². The second-order valence-electron chi connectivity index (χ2n) is 6.10. The standard InChI is InChI=1S/C19H21N5O2/c1-11-12(2)22-18-15(11)17(20-9-10-21-19(26)13(3)25)23-16(24-18)14-7-5-4-6-8-14/h4-8H,9-10H2,1-3H3,(H,21,26)(H2,20,22,23,24). The summed E-state index contributed by atoms with van der Waals surface area (Å²) in [4.78, 5) is 34.9. The molecule has 2 heterocycles. The Kier molecular flexibility index (Phi) is 4.97. The Labute approximate surface area is 151 Å². The zero-order chi connectivity index (χ0) is 18.7. The molecule has 26 heavy (non-hydrogen) atoms. The van der Waals surface area contributed by atoms with Gasteiger partial charge in [0.1, 0.15) is 11.5 Å². The first-order valence-electron chi connectivity index (χ1n) is 8.42. The number of H-pyrrole nitrogens is 1. The fraction of sp³-hybridized carbons (Fsp3) is 0.263. The van der Waals surface area contributed by atoms with Gasteiger partial charge in [0.05, 0.1) is 5.39 Å². The highest BCUT2D eigenvalue weighted by atomic mass is 16.2. The number of carbonyl (C=O) groups excluding carboxylic acids is 2. The summed E-state index contributed by atoms with van der Waals surface area (Å²) >= 11 is 0. The lowest BCUT2D eigenvalue weighted by Gasteiger charge is -2.10. The molecule has 0 spiro atoms. The maximum atomic E-state index is 11.3. The number of Topliss-reactive ketones (excluding diaryl/α,β-unsaturated/α-hetero) is 1. The maximum Gasteiger partial charge on any atom is 0.287 e. The molecule has 0 bridgehead atoms. The van der Waals surface area contributed by atoms with Crippen LogP contribution in [-0.4, -0.2) is 39.7 Å². The number of aromatic amines is 1. The molecule has 0 aliphatic carbocycles. The minimum Gasteiger partial charge on any atom is -0.368 e. The summed E-state index contributed by atoms with van der Waals surface area (Å²) in [5.41, 5.74) is 3.80. The molecule has 0 atom stereocenters. The third-order valence-corrected chi connectivity index (χ3v) is 4.21. The summed E-state index contributed by atoms with van der Waals surface area (Å²) in [7, 11) is 0. The average molecular weight is 351 g/mol. The van der Waals surface area contributed by atoms with E-state index in [0.29, 0.717) is 24.7 Å². The predicted octanol–water partition coefficient (Wildman–Crippen LogP) is 2.36. The molecule has 0 saturated carbocycles. The Hall–Kier alpha value is -3.22. The van der Waals surface area contributed by atoms with Crippen molar-refractivity contribution in [2.75, 3.05) is 18.4 Å².